The van der Waals surface area contributed by atoms with Crippen LogP contribution in [0.5, 0.6) is 0 Å². The maximum atomic E-state index is 11.5. The Morgan fingerprint density at radius 1 is 1.50 bits per heavy atom. The Labute approximate surface area is 85.4 Å². The van der Waals surface area contributed by atoms with Crippen molar-refractivity contribution in [1.82, 2.24) is 4.90 Å². The van der Waals surface area contributed by atoms with Crippen LogP contribution in [0.3, 0.4) is 0 Å². The number of carbonyl (C=O) groups excluding carboxylic acids is 1. The van der Waals surface area contributed by atoms with E-state index in [1.54, 1.807) is 0 Å². The third kappa shape index (κ3) is 2.15. The highest BCUT2D eigenvalue weighted by Gasteiger charge is 2.36. The number of ketones is 1. The van der Waals surface area contributed by atoms with E-state index >= 15 is 0 Å². The molecule has 1 unspecified atom stereocenters. The van der Waals surface area contributed by atoms with Crippen LogP contribution in [0.1, 0.15) is 20.3 Å². The van der Waals surface area contributed by atoms with Crippen molar-refractivity contribution in [3.8, 4) is 0 Å². The topological polar surface area (TPSA) is 29.5 Å². The summed E-state index contributed by atoms with van der Waals surface area (Å²) in [5, 5.41) is 0. The first kappa shape index (κ1) is 10.1. The maximum absolute atomic E-state index is 11.5. The van der Waals surface area contributed by atoms with Gasteiger partial charge in [-0.2, -0.15) is 0 Å². The largest absolute Gasteiger partial charge is 0.380 e. The number of hydrogen-bond donors (Lipinski definition) is 0. The fourth-order valence-electron chi connectivity index (χ4n) is 2.46. The zero-order valence-electron chi connectivity index (χ0n) is 9.08. The van der Waals surface area contributed by atoms with Gasteiger partial charge in [0, 0.05) is 26.1 Å². The van der Waals surface area contributed by atoms with E-state index in [2.05, 4.69) is 18.7 Å². The number of rotatable bonds is 2. The fraction of sp³-hybridized carbons (Fsp3) is 0.909. The van der Waals surface area contributed by atoms with Crippen molar-refractivity contribution in [3.05, 3.63) is 0 Å². The summed E-state index contributed by atoms with van der Waals surface area (Å²) in [7, 11) is 0. The van der Waals surface area contributed by atoms with Crippen LogP contribution >= 0.6 is 0 Å². The van der Waals surface area contributed by atoms with Crippen LogP contribution in [-0.4, -0.2) is 43.5 Å². The molecule has 3 nitrogen and oxygen atoms in total. The van der Waals surface area contributed by atoms with Crippen LogP contribution in [-0.2, 0) is 9.53 Å². The van der Waals surface area contributed by atoms with E-state index in [-0.39, 0.29) is 5.92 Å². The lowest BCUT2D eigenvalue weighted by atomic mass is 9.83. The van der Waals surface area contributed by atoms with Crippen LogP contribution in [0.25, 0.3) is 0 Å². The Bertz CT molecular complexity index is 229. The highest BCUT2D eigenvalue weighted by Crippen LogP contribution is 2.29. The summed E-state index contributed by atoms with van der Waals surface area (Å²) in [6.45, 7) is 8.94. The fourth-order valence-corrected chi connectivity index (χ4v) is 2.46. The van der Waals surface area contributed by atoms with E-state index in [1.807, 2.05) is 0 Å². The van der Waals surface area contributed by atoms with E-state index in [4.69, 9.17) is 4.74 Å². The van der Waals surface area contributed by atoms with Crippen molar-refractivity contribution in [3.63, 3.8) is 0 Å². The highest BCUT2D eigenvalue weighted by atomic mass is 16.5. The molecule has 0 aromatic carbocycles. The summed E-state index contributed by atoms with van der Waals surface area (Å²) in [5.74, 6) is 0.529. The average Bonchev–Trinajstić information content (AvgIpc) is 2.05. The number of likely N-dealkylation sites (tertiary alicyclic amines) is 1. The van der Waals surface area contributed by atoms with Crippen LogP contribution in [0.4, 0.5) is 0 Å². The molecule has 0 saturated carbocycles. The molecule has 0 bridgehead atoms. The first-order valence-electron chi connectivity index (χ1n) is 5.40. The van der Waals surface area contributed by atoms with Gasteiger partial charge >= 0.3 is 0 Å². The Balaban J connectivity index is 1.78. The first-order chi connectivity index (χ1) is 6.57. The van der Waals surface area contributed by atoms with Crippen molar-refractivity contribution in [1.29, 1.82) is 0 Å². The number of ether oxygens (including phenoxy) is 1. The van der Waals surface area contributed by atoms with Gasteiger partial charge in [0.25, 0.3) is 0 Å². The molecular formula is C11H19NO2. The van der Waals surface area contributed by atoms with Gasteiger partial charge in [-0.1, -0.05) is 13.8 Å². The lowest BCUT2D eigenvalue weighted by Gasteiger charge is -2.47. The molecule has 80 valence electrons. The standard InChI is InChI=1S/C11H19NO2/c1-11(2)7-12(8-11)5-9-6-14-4-3-10(9)13/h9H,3-8H2,1-2H3. The van der Waals surface area contributed by atoms with Crippen LogP contribution in [0.15, 0.2) is 0 Å². The molecule has 0 aliphatic carbocycles. The van der Waals surface area contributed by atoms with Crippen LogP contribution in [0.2, 0.25) is 0 Å². The first-order valence-corrected chi connectivity index (χ1v) is 5.40. The number of carbonyl (C=O) groups is 1. The Hall–Kier alpha value is -0.410. The van der Waals surface area contributed by atoms with Crippen molar-refractivity contribution >= 4 is 5.78 Å². The monoisotopic (exact) mass is 197 g/mol. The van der Waals surface area contributed by atoms with Gasteiger partial charge in [0.1, 0.15) is 5.78 Å². The van der Waals surface area contributed by atoms with E-state index in [0.717, 1.165) is 19.6 Å². The van der Waals surface area contributed by atoms with Gasteiger partial charge in [-0.15, -0.1) is 0 Å². The molecule has 0 amide bonds. The minimum absolute atomic E-state index is 0.139. The van der Waals surface area contributed by atoms with E-state index in [0.29, 0.717) is 30.8 Å². The molecule has 0 aromatic rings. The van der Waals surface area contributed by atoms with Gasteiger partial charge in [-0.05, 0) is 5.41 Å². The molecule has 0 N–H and O–H groups in total. The summed E-state index contributed by atoms with van der Waals surface area (Å²) in [4.78, 5) is 13.9. The van der Waals surface area contributed by atoms with Crippen molar-refractivity contribution in [2.45, 2.75) is 20.3 Å². The number of hydrogen-bond acceptors (Lipinski definition) is 3. The lowest BCUT2D eigenvalue weighted by molar-refractivity contribution is -0.133. The predicted molar refractivity (Wildman–Crippen MR) is 54.2 cm³/mol. The van der Waals surface area contributed by atoms with E-state index in [1.165, 1.54) is 0 Å². The summed E-state index contributed by atoms with van der Waals surface area (Å²) >= 11 is 0. The molecule has 0 radical (unpaired) electrons. The molecule has 3 heteroatoms. The number of nitrogens with zero attached hydrogens (tertiary/aromatic N) is 1. The second-order valence-corrected chi connectivity index (χ2v) is 5.32. The molecule has 2 rings (SSSR count). The quantitative estimate of drug-likeness (QED) is 0.659. The summed E-state index contributed by atoms with van der Waals surface area (Å²) in [6.07, 6.45) is 0.613. The Morgan fingerprint density at radius 3 is 2.79 bits per heavy atom. The zero-order chi connectivity index (χ0) is 10.2. The number of Topliss-reactive ketones (excluding diaryl/α,β-unsaturated/α-hetero) is 1. The SMILES string of the molecule is CC1(C)CN(CC2COCCC2=O)C1. The highest BCUT2D eigenvalue weighted by molar-refractivity contribution is 5.82. The van der Waals surface area contributed by atoms with Crippen molar-refractivity contribution in [2.24, 2.45) is 11.3 Å². The minimum Gasteiger partial charge on any atom is -0.380 e. The second-order valence-electron chi connectivity index (χ2n) is 5.32. The lowest BCUT2D eigenvalue weighted by Crippen LogP contribution is -2.55. The van der Waals surface area contributed by atoms with Gasteiger partial charge in [-0.3, -0.25) is 4.79 Å². The van der Waals surface area contributed by atoms with Gasteiger partial charge in [0.15, 0.2) is 0 Å². The van der Waals surface area contributed by atoms with Crippen molar-refractivity contribution < 1.29 is 9.53 Å². The minimum atomic E-state index is 0.139. The Morgan fingerprint density at radius 2 is 2.21 bits per heavy atom. The molecule has 0 spiro atoms. The van der Waals surface area contributed by atoms with Crippen molar-refractivity contribution in [2.75, 3.05) is 32.8 Å². The molecule has 2 fully saturated rings. The predicted octanol–water partition coefficient (Wildman–Crippen LogP) is 0.934. The molecule has 14 heavy (non-hydrogen) atoms. The van der Waals surface area contributed by atoms with Gasteiger partial charge in [-0.25, -0.2) is 0 Å². The molecule has 2 aliphatic heterocycles. The molecule has 2 aliphatic rings. The average molecular weight is 197 g/mol. The Kier molecular flexibility index (Phi) is 2.62. The third-order valence-electron chi connectivity index (χ3n) is 3.05. The molecule has 1 atom stereocenters. The normalized spacial score (nSPS) is 32.7. The van der Waals surface area contributed by atoms with Crippen LogP contribution in [0, 0.1) is 11.3 Å². The maximum Gasteiger partial charge on any atom is 0.141 e. The smallest absolute Gasteiger partial charge is 0.141 e. The van der Waals surface area contributed by atoms with Crippen LogP contribution < -0.4 is 0 Å². The second kappa shape index (κ2) is 3.63. The zero-order valence-corrected chi connectivity index (χ0v) is 9.08. The summed E-state index contributed by atoms with van der Waals surface area (Å²) in [5.41, 5.74) is 0.457. The van der Waals surface area contributed by atoms with Gasteiger partial charge < -0.3 is 9.64 Å². The van der Waals surface area contributed by atoms with E-state index < -0.39 is 0 Å². The van der Waals surface area contributed by atoms with Gasteiger partial charge in [0.05, 0.1) is 19.1 Å². The third-order valence-corrected chi connectivity index (χ3v) is 3.05. The summed E-state index contributed by atoms with van der Waals surface area (Å²) < 4.78 is 5.33. The van der Waals surface area contributed by atoms with Gasteiger partial charge in [0.2, 0.25) is 0 Å². The molecule has 0 aromatic heterocycles. The molecule has 2 saturated heterocycles. The van der Waals surface area contributed by atoms with E-state index in [9.17, 15) is 4.79 Å². The summed E-state index contributed by atoms with van der Waals surface area (Å²) in [6, 6.07) is 0. The molecular weight excluding hydrogens is 178 g/mol. The molecule has 2 heterocycles.